The summed E-state index contributed by atoms with van der Waals surface area (Å²) in [6.45, 7) is 4.61. The molecule has 0 saturated heterocycles. The fraction of sp³-hybridized carbons (Fsp3) is 0.300. The van der Waals surface area contributed by atoms with Crippen molar-refractivity contribution in [1.29, 1.82) is 0 Å². The predicted octanol–water partition coefficient (Wildman–Crippen LogP) is 1.76. The number of benzene rings is 2. The lowest BCUT2D eigenvalue weighted by molar-refractivity contribution is 0.0952. The average molecular weight is 370 g/mol. The first-order chi connectivity index (χ1) is 13.2. The van der Waals surface area contributed by atoms with E-state index in [4.69, 9.17) is 4.74 Å². The second-order valence-electron chi connectivity index (χ2n) is 5.62. The number of phenolic OH excluding ortho intramolecular Hbond substituents is 1. The summed E-state index contributed by atoms with van der Waals surface area (Å²) in [5.74, 6) is 1.13. The van der Waals surface area contributed by atoms with E-state index in [9.17, 15) is 9.90 Å². The summed E-state index contributed by atoms with van der Waals surface area (Å²) in [4.78, 5) is 16.4. The number of carbonyl (C=O) groups is 1. The van der Waals surface area contributed by atoms with E-state index in [1.165, 1.54) is 6.07 Å². The number of hydrogen-bond acceptors (Lipinski definition) is 4. The number of aliphatic imine (C=N–C) groups is 1. The Morgan fingerprint density at radius 3 is 2.48 bits per heavy atom. The summed E-state index contributed by atoms with van der Waals surface area (Å²) >= 11 is 0. The standard InChI is InChI=1S/C20H26N4O3/c1-2-21-20(24-14-15-27-16-8-4-3-5-9-16)23-13-12-22-19(26)17-10-6-7-11-18(17)25/h3-11,25H,2,12-15H2,1H3,(H,22,26)(H2,21,23,24). The molecule has 0 atom stereocenters. The van der Waals surface area contributed by atoms with E-state index in [0.29, 0.717) is 32.2 Å². The van der Waals surface area contributed by atoms with E-state index >= 15 is 0 Å². The summed E-state index contributed by atoms with van der Waals surface area (Å²) in [6, 6.07) is 16.1. The van der Waals surface area contributed by atoms with Gasteiger partial charge in [-0.2, -0.15) is 0 Å². The maximum Gasteiger partial charge on any atom is 0.255 e. The molecule has 4 N–H and O–H groups in total. The van der Waals surface area contributed by atoms with E-state index in [1.54, 1.807) is 18.2 Å². The van der Waals surface area contributed by atoms with Gasteiger partial charge in [0.15, 0.2) is 5.96 Å². The highest BCUT2D eigenvalue weighted by Crippen LogP contribution is 2.14. The third-order valence-corrected chi connectivity index (χ3v) is 3.57. The van der Waals surface area contributed by atoms with Gasteiger partial charge in [-0.3, -0.25) is 9.79 Å². The van der Waals surface area contributed by atoms with Gasteiger partial charge in [0.2, 0.25) is 0 Å². The maximum atomic E-state index is 12.0. The number of amides is 1. The van der Waals surface area contributed by atoms with E-state index < -0.39 is 0 Å². The Labute approximate surface area is 159 Å². The summed E-state index contributed by atoms with van der Waals surface area (Å²) in [5.41, 5.74) is 0.254. The Morgan fingerprint density at radius 2 is 1.74 bits per heavy atom. The Bertz CT molecular complexity index is 735. The molecule has 0 fully saturated rings. The molecule has 0 radical (unpaired) electrons. The van der Waals surface area contributed by atoms with Gasteiger partial charge in [-0.1, -0.05) is 30.3 Å². The molecule has 1 amide bonds. The number of phenols is 1. The number of nitrogens with one attached hydrogen (secondary N) is 3. The van der Waals surface area contributed by atoms with Gasteiger partial charge in [0, 0.05) is 13.1 Å². The van der Waals surface area contributed by atoms with Crippen LogP contribution in [0.25, 0.3) is 0 Å². The number of nitrogens with zero attached hydrogens (tertiary/aromatic N) is 1. The van der Waals surface area contributed by atoms with Crippen molar-refractivity contribution >= 4 is 11.9 Å². The van der Waals surface area contributed by atoms with Crippen LogP contribution >= 0.6 is 0 Å². The number of aromatic hydroxyl groups is 1. The molecule has 0 aliphatic rings. The normalized spacial score (nSPS) is 10.9. The second-order valence-corrected chi connectivity index (χ2v) is 5.62. The number of para-hydroxylation sites is 2. The topological polar surface area (TPSA) is 95.0 Å². The molecule has 2 aromatic rings. The largest absolute Gasteiger partial charge is 0.507 e. The van der Waals surface area contributed by atoms with Gasteiger partial charge in [0.25, 0.3) is 5.91 Å². The molecular formula is C20H26N4O3. The molecule has 7 nitrogen and oxygen atoms in total. The van der Waals surface area contributed by atoms with E-state index in [2.05, 4.69) is 20.9 Å². The van der Waals surface area contributed by atoms with Crippen molar-refractivity contribution in [3.05, 3.63) is 60.2 Å². The van der Waals surface area contributed by atoms with E-state index in [1.807, 2.05) is 37.3 Å². The van der Waals surface area contributed by atoms with Gasteiger partial charge in [0.1, 0.15) is 18.1 Å². The van der Waals surface area contributed by atoms with Crippen LogP contribution < -0.4 is 20.7 Å². The monoisotopic (exact) mass is 370 g/mol. The van der Waals surface area contributed by atoms with Crippen LogP contribution in [0, 0.1) is 0 Å². The van der Waals surface area contributed by atoms with Gasteiger partial charge in [0.05, 0.1) is 18.7 Å². The maximum absolute atomic E-state index is 12.0. The van der Waals surface area contributed by atoms with Crippen LogP contribution in [0.1, 0.15) is 17.3 Å². The third kappa shape index (κ3) is 7.27. The first-order valence-corrected chi connectivity index (χ1v) is 8.97. The quantitative estimate of drug-likeness (QED) is 0.306. The minimum absolute atomic E-state index is 0.0353. The highest BCUT2D eigenvalue weighted by atomic mass is 16.5. The predicted molar refractivity (Wildman–Crippen MR) is 106 cm³/mol. The SMILES string of the molecule is CCNC(=NCCNC(=O)c1ccccc1O)NCCOc1ccccc1. The van der Waals surface area contributed by atoms with Crippen molar-refractivity contribution in [2.45, 2.75) is 6.92 Å². The number of rotatable bonds is 9. The molecule has 27 heavy (non-hydrogen) atoms. The third-order valence-electron chi connectivity index (χ3n) is 3.57. The molecule has 0 unspecified atom stereocenters. The summed E-state index contributed by atoms with van der Waals surface area (Å²) in [6.07, 6.45) is 0. The first kappa shape index (κ1) is 20.1. The zero-order valence-electron chi connectivity index (χ0n) is 15.4. The lowest BCUT2D eigenvalue weighted by atomic mass is 10.2. The van der Waals surface area contributed by atoms with Gasteiger partial charge < -0.3 is 25.8 Å². The molecule has 0 aliphatic carbocycles. The molecule has 7 heteroatoms. The molecule has 0 aliphatic heterocycles. The molecule has 2 rings (SSSR count). The number of carbonyl (C=O) groups excluding carboxylic acids is 1. The first-order valence-electron chi connectivity index (χ1n) is 8.97. The molecule has 0 saturated carbocycles. The molecular weight excluding hydrogens is 344 g/mol. The van der Waals surface area contributed by atoms with Crippen LogP contribution in [-0.4, -0.2) is 49.8 Å². The fourth-order valence-corrected chi connectivity index (χ4v) is 2.29. The second kappa shape index (κ2) is 11.4. The van der Waals surface area contributed by atoms with Crippen LogP contribution in [0.15, 0.2) is 59.6 Å². The Morgan fingerprint density at radius 1 is 1.00 bits per heavy atom. The minimum atomic E-state index is -0.322. The van der Waals surface area contributed by atoms with Gasteiger partial charge in [-0.05, 0) is 31.2 Å². The van der Waals surface area contributed by atoms with Gasteiger partial charge in [-0.15, -0.1) is 0 Å². The number of hydrogen-bond donors (Lipinski definition) is 4. The molecule has 144 valence electrons. The Balaban J connectivity index is 1.71. The molecule has 0 aromatic heterocycles. The van der Waals surface area contributed by atoms with Crippen molar-refractivity contribution in [1.82, 2.24) is 16.0 Å². The lowest BCUT2D eigenvalue weighted by Gasteiger charge is -2.12. The van der Waals surface area contributed by atoms with Crippen molar-refractivity contribution in [3.63, 3.8) is 0 Å². The van der Waals surface area contributed by atoms with Crippen LogP contribution in [0.2, 0.25) is 0 Å². The Hall–Kier alpha value is -3.22. The van der Waals surface area contributed by atoms with Crippen LogP contribution in [0.3, 0.4) is 0 Å². The van der Waals surface area contributed by atoms with Crippen LogP contribution in [0.4, 0.5) is 0 Å². The van der Waals surface area contributed by atoms with Crippen LogP contribution in [-0.2, 0) is 0 Å². The molecule has 0 spiro atoms. The van der Waals surface area contributed by atoms with E-state index in [-0.39, 0.29) is 17.2 Å². The number of ether oxygens (including phenoxy) is 1. The smallest absolute Gasteiger partial charge is 0.255 e. The molecule has 2 aromatic carbocycles. The molecule has 0 heterocycles. The van der Waals surface area contributed by atoms with Crippen molar-refractivity contribution < 1.29 is 14.6 Å². The van der Waals surface area contributed by atoms with Gasteiger partial charge in [-0.25, -0.2) is 0 Å². The van der Waals surface area contributed by atoms with Crippen molar-refractivity contribution in [2.24, 2.45) is 4.99 Å². The average Bonchev–Trinajstić information content (AvgIpc) is 2.69. The summed E-state index contributed by atoms with van der Waals surface area (Å²) in [5, 5.41) is 18.7. The lowest BCUT2D eigenvalue weighted by Crippen LogP contribution is -2.40. The fourth-order valence-electron chi connectivity index (χ4n) is 2.29. The highest BCUT2D eigenvalue weighted by molar-refractivity contribution is 5.96. The number of guanidine groups is 1. The highest BCUT2D eigenvalue weighted by Gasteiger charge is 2.08. The summed E-state index contributed by atoms with van der Waals surface area (Å²) in [7, 11) is 0. The Kier molecular flexibility index (Phi) is 8.49. The van der Waals surface area contributed by atoms with Crippen molar-refractivity contribution in [3.8, 4) is 11.5 Å². The minimum Gasteiger partial charge on any atom is -0.507 e. The molecule has 0 bridgehead atoms. The van der Waals surface area contributed by atoms with E-state index in [0.717, 1.165) is 12.3 Å². The zero-order valence-corrected chi connectivity index (χ0v) is 15.4. The van der Waals surface area contributed by atoms with Crippen LogP contribution in [0.5, 0.6) is 11.5 Å². The van der Waals surface area contributed by atoms with Gasteiger partial charge >= 0.3 is 0 Å². The van der Waals surface area contributed by atoms with Crippen molar-refractivity contribution in [2.75, 3.05) is 32.8 Å². The summed E-state index contributed by atoms with van der Waals surface area (Å²) < 4.78 is 5.63. The zero-order chi connectivity index (χ0) is 19.3.